The molecule has 18 heavy (non-hydrogen) atoms. The minimum atomic E-state index is -1.25. The van der Waals surface area contributed by atoms with Crippen LogP contribution < -0.4 is 5.48 Å². The first kappa shape index (κ1) is 14.4. The van der Waals surface area contributed by atoms with Gasteiger partial charge in [-0.2, -0.15) is 0 Å². The van der Waals surface area contributed by atoms with Crippen LogP contribution in [-0.2, 0) is 28.7 Å². The summed E-state index contributed by atoms with van der Waals surface area (Å²) in [6.07, 6.45) is -2.33. The lowest BCUT2D eigenvalue weighted by Crippen LogP contribution is -2.47. The number of hydrogen-bond donors (Lipinski definition) is 2. The number of esters is 2. The molecule has 0 aromatic heterocycles. The summed E-state index contributed by atoms with van der Waals surface area (Å²) in [6.45, 7) is 2.02. The van der Waals surface area contributed by atoms with Gasteiger partial charge >= 0.3 is 17.9 Å². The second kappa shape index (κ2) is 6.31. The van der Waals surface area contributed by atoms with Crippen LogP contribution in [0.1, 0.15) is 20.3 Å². The first-order valence-electron chi connectivity index (χ1n) is 5.34. The second-order valence-corrected chi connectivity index (χ2v) is 3.85. The zero-order chi connectivity index (χ0) is 13.7. The standard InChI is InChI=1S/C10H15NO7/c1-5(12)16-4-8(14)10(17-6(2)13)7-3-9(15)18-11-7/h7-8,10-11,14H,3-4H2,1-2H3/t7-,8+,10-/m0/s1. The largest absolute Gasteiger partial charge is 0.463 e. The molecule has 1 heterocycles. The first-order valence-corrected chi connectivity index (χ1v) is 5.34. The summed E-state index contributed by atoms with van der Waals surface area (Å²) in [5.74, 6) is -1.71. The molecule has 1 aliphatic heterocycles. The Bertz CT molecular complexity index is 343. The van der Waals surface area contributed by atoms with Crippen molar-refractivity contribution in [2.75, 3.05) is 6.61 Å². The van der Waals surface area contributed by atoms with Crippen LogP contribution in [0, 0.1) is 0 Å². The molecule has 0 radical (unpaired) electrons. The first-order chi connectivity index (χ1) is 8.40. The highest BCUT2D eigenvalue weighted by Gasteiger charge is 2.38. The molecule has 8 heteroatoms. The SMILES string of the molecule is CC(=O)OC[C@@H](O)[C@@H](OC(C)=O)[C@@H]1CC(=O)ON1. The van der Waals surface area contributed by atoms with Gasteiger partial charge in [0.2, 0.25) is 0 Å². The third-order valence-corrected chi connectivity index (χ3v) is 2.25. The fraction of sp³-hybridized carbons (Fsp3) is 0.700. The number of ether oxygens (including phenoxy) is 2. The average Bonchev–Trinajstić information content (AvgIpc) is 2.69. The lowest BCUT2D eigenvalue weighted by Gasteiger charge is -2.25. The number of carbonyl (C=O) groups is 3. The van der Waals surface area contributed by atoms with Gasteiger partial charge in [-0.1, -0.05) is 0 Å². The fourth-order valence-corrected chi connectivity index (χ4v) is 1.51. The van der Waals surface area contributed by atoms with Crippen molar-refractivity contribution in [3.63, 3.8) is 0 Å². The van der Waals surface area contributed by atoms with E-state index in [0.29, 0.717) is 0 Å². The quantitative estimate of drug-likeness (QED) is 0.462. The van der Waals surface area contributed by atoms with Crippen molar-refractivity contribution in [3.05, 3.63) is 0 Å². The van der Waals surface area contributed by atoms with Crippen molar-refractivity contribution in [3.8, 4) is 0 Å². The predicted octanol–water partition coefficient (Wildman–Crippen LogP) is -1.34. The lowest BCUT2D eigenvalue weighted by molar-refractivity contribution is -0.161. The summed E-state index contributed by atoms with van der Waals surface area (Å²) in [5.41, 5.74) is 2.35. The van der Waals surface area contributed by atoms with Crippen LogP contribution >= 0.6 is 0 Å². The molecular weight excluding hydrogens is 246 g/mol. The molecule has 0 bridgehead atoms. The van der Waals surface area contributed by atoms with Crippen LogP contribution in [0.3, 0.4) is 0 Å². The number of aliphatic hydroxyl groups excluding tert-OH is 1. The maximum absolute atomic E-state index is 10.9. The molecule has 0 aromatic carbocycles. The molecule has 1 aliphatic rings. The van der Waals surface area contributed by atoms with Crippen LogP contribution in [0.15, 0.2) is 0 Å². The van der Waals surface area contributed by atoms with Crippen LogP contribution in [0.2, 0.25) is 0 Å². The smallest absolute Gasteiger partial charge is 0.326 e. The minimum Gasteiger partial charge on any atom is -0.463 e. The second-order valence-electron chi connectivity index (χ2n) is 3.85. The molecule has 1 fully saturated rings. The number of rotatable bonds is 5. The van der Waals surface area contributed by atoms with Gasteiger partial charge in [0.05, 0.1) is 12.5 Å². The number of nitrogens with one attached hydrogen (secondary N) is 1. The Kier molecular flexibility index (Phi) is 5.05. The van der Waals surface area contributed by atoms with Gasteiger partial charge < -0.3 is 19.4 Å². The lowest BCUT2D eigenvalue weighted by atomic mass is 10.0. The fourth-order valence-electron chi connectivity index (χ4n) is 1.51. The molecule has 2 N–H and O–H groups in total. The molecule has 0 aliphatic carbocycles. The number of hydroxylamine groups is 1. The highest BCUT2D eigenvalue weighted by molar-refractivity contribution is 5.72. The van der Waals surface area contributed by atoms with Gasteiger partial charge in [-0.3, -0.25) is 14.4 Å². The molecule has 0 amide bonds. The summed E-state index contributed by atoms with van der Waals surface area (Å²) >= 11 is 0. The highest BCUT2D eigenvalue weighted by atomic mass is 16.7. The molecule has 0 spiro atoms. The van der Waals surface area contributed by atoms with Crippen molar-refractivity contribution in [2.45, 2.75) is 38.5 Å². The van der Waals surface area contributed by atoms with E-state index in [4.69, 9.17) is 4.74 Å². The van der Waals surface area contributed by atoms with Crippen molar-refractivity contribution < 1.29 is 33.8 Å². The van der Waals surface area contributed by atoms with Crippen molar-refractivity contribution >= 4 is 17.9 Å². The van der Waals surface area contributed by atoms with E-state index in [0.717, 1.165) is 0 Å². The highest BCUT2D eigenvalue weighted by Crippen LogP contribution is 2.15. The van der Waals surface area contributed by atoms with Crippen molar-refractivity contribution in [1.82, 2.24) is 5.48 Å². The van der Waals surface area contributed by atoms with E-state index >= 15 is 0 Å². The van der Waals surface area contributed by atoms with E-state index in [1.54, 1.807) is 0 Å². The van der Waals surface area contributed by atoms with Crippen LogP contribution in [0.25, 0.3) is 0 Å². The van der Waals surface area contributed by atoms with E-state index in [9.17, 15) is 19.5 Å². The van der Waals surface area contributed by atoms with Gasteiger partial charge in [0.25, 0.3) is 0 Å². The zero-order valence-corrected chi connectivity index (χ0v) is 10.0. The number of carbonyl (C=O) groups excluding carboxylic acids is 3. The minimum absolute atomic E-state index is 0.0465. The van der Waals surface area contributed by atoms with E-state index in [-0.39, 0.29) is 13.0 Å². The molecular formula is C10H15NO7. The molecule has 0 saturated carbocycles. The molecule has 3 atom stereocenters. The zero-order valence-electron chi connectivity index (χ0n) is 10.0. The summed E-state index contributed by atoms with van der Waals surface area (Å²) in [5, 5.41) is 9.79. The normalized spacial score (nSPS) is 21.9. The van der Waals surface area contributed by atoms with E-state index in [1.165, 1.54) is 13.8 Å². The Hall–Kier alpha value is -1.67. The summed E-state index contributed by atoms with van der Waals surface area (Å²) in [7, 11) is 0. The van der Waals surface area contributed by atoms with Gasteiger partial charge in [-0.25, -0.2) is 0 Å². The number of aliphatic hydroxyl groups is 1. The Balaban J connectivity index is 2.61. The average molecular weight is 261 g/mol. The van der Waals surface area contributed by atoms with Gasteiger partial charge in [-0.05, 0) is 0 Å². The Morgan fingerprint density at radius 2 is 2.17 bits per heavy atom. The Morgan fingerprint density at radius 1 is 1.50 bits per heavy atom. The molecule has 1 rings (SSSR count). The van der Waals surface area contributed by atoms with Crippen LogP contribution in [0.5, 0.6) is 0 Å². The maximum Gasteiger partial charge on any atom is 0.326 e. The number of hydrogen-bond acceptors (Lipinski definition) is 8. The van der Waals surface area contributed by atoms with Crippen molar-refractivity contribution in [2.24, 2.45) is 0 Å². The van der Waals surface area contributed by atoms with Crippen molar-refractivity contribution in [1.29, 1.82) is 0 Å². The topological polar surface area (TPSA) is 111 Å². The summed E-state index contributed by atoms with van der Waals surface area (Å²) < 4.78 is 9.52. The van der Waals surface area contributed by atoms with Crippen LogP contribution in [0.4, 0.5) is 0 Å². The maximum atomic E-state index is 10.9. The molecule has 0 unspecified atom stereocenters. The van der Waals surface area contributed by atoms with Gasteiger partial charge in [0, 0.05) is 13.8 Å². The van der Waals surface area contributed by atoms with Gasteiger partial charge in [0.15, 0.2) is 0 Å². The molecule has 0 aromatic rings. The molecule has 1 saturated heterocycles. The van der Waals surface area contributed by atoms with Crippen LogP contribution in [-0.4, -0.2) is 47.9 Å². The third kappa shape index (κ3) is 4.30. The Labute approximate surface area is 103 Å². The molecule has 8 nitrogen and oxygen atoms in total. The van der Waals surface area contributed by atoms with Gasteiger partial charge in [0.1, 0.15) is 18.8 Å². The predicted molar refractivity (Wildman–Crippen MR) is 55.8 cm³/mol. The molecule has 102 valence electrons. The van der Waals surface area contributed by atoms with Gasteiger partial charge in [-0.15, -0.1) is 5.48 Å². The van der Waals surface area contributed by atoms with E-state index in [2.05, 4.69) is 15.1 Å². The van der Waals surface area contributed by atoms with E-state index < -0.39 is 36.2 Å². The Morgan fingerprint density at radius 3 is 2.61 bits per heavy atom. The third-order valence-electron chi connectivity index (χ3n) is 2.25. The summed E-state index contributed by atoms with van der Waals surface area (Å²) in [4.78, 5) is 37.0. The summed E-state index contributed by atoms with van der Waals surface area (Å²) in [6, 6.07) is -0.674. The van der Waals surface area contributed by atoms with E-state index in [1.807, 2.05) is 0 Å². The monoisotopic (exact) mass is 261 g/mol.